The highest BCUT2D eigenvalue weighted by Crippen LogP contribution is 2.27. The molecule has 1 heterocycles. The maximum absolute atomic E-state index is 12.8. The minimum atomic E-state index is -0.194. The van der Waals surface area contributed by atoms with Crippen molar-refractivity contribution in [2.24, 2.45) is 0 Å². The molecular formula is C13H14FNS. The second-order valence-electron chi connectivity index (χ2n) is 3.72. The fourth-order valence-electron chi connectivity index (χ4n) is 1.74. The van der Waals surface area contributed by atoms with E-state index in [4.69, 9.17) is 0 Å². The van der Waals surface area contributed by atoms with Gasteiger partial charge >= 0.3 is 0 Å². The van der Waals surface area contributed by atoms with Gasteiger partial charge in [0.05, 0.1) is 6.04 Å². The van der Waals surface area contributed by atoms with E-state index in [2.05, 4.69) is 24.4 Å². The van der Waals surface area contributed by atoms with Gasteiger partial charge in [-0.3, -0.25) is 0 Å². The number of hydrogen-bond acceptors (Lipinski definition) is 2. The Morgan fingerprint density at radius 3 is 2.31 bits per heavy atom. The first-order valence-corrected chi connectivity index (χ1v) is 6.01. The second-order valence-corrected chi connectivity index (χ2v) is 5.04. The first-order valence-electron chi connectivity index (χ1n) is 5.20. The number of nitrogens with one attached hydrogen (secondary N) is 1. The van der Waals surface area contributed by atoms with Crippen LogP contribution in [-0.2, 0) is 0 Å². The number of thiophene rings is 1. The molecule has 1 aromatic heterocycles. The van der Waals surface area contributed by atoms with Crippen molar-refractivity contribution < 1.29 is 4.39 Å². The van der Waals surface area contributed by atoms with Crippen LogP contribution in [0.1, 0.15) is 21.4 Å². The zero-order valence-electron chi connectivity index (χ0n) is 9.33. The van der Waals surface area contributed by atoms with Crippen LogP contribution >= 0.6 is 11.3 Å². The number of rotatable bonds is 3. The highest BCUT2D eigenvalue weighted by Gasteiger charge is 2.13. The monoisotopic (exact) mass is 235 g/mol. The molecule has 1 nitrogen and oxygen atoms in total. The molecule has 0 spiro atoms. The molecule has 0 radical (unpaired) electrons. The van der Waals surface area contributed by atoms with Gasteiger partial charge in [-0.05, 0) is 43.8 Å². The number of benzene rings is 1. The average Bonchev–Trinajstić information content (AvgIpc) is 2.69. The summed E-state index contributed by atoms with van der Waals surface area (Å²) in [6.45, 7) is 2.09. The van der Waals surface area contributed by atoms with Crippen LogP contribution in [0.3, 0.4) is 0 Å². The number of halogens is 1. The van der Waals surface area contributed by atoms with E-state index < -0.39 is 0 Å². The van der Waals surface area contributed by atoms with Crippen molar-refractivity contribution in [1.82, 2.24) is 5.32 Å². The maximum Gasteiger partial charge on any atom is 0.123 e. The van der Waals surface area contributed by atoms with Gasteiger partial charge in [0.2, 0.25) is 0 Å². The number of aryl methyl sites for hydroxylation is 1. The Morgan fingerprint density at radius 1 is 1.12 bits per heavy atom. The standard InChI is InChI=1S/C13H14FNS/c1-9-3-8-12(16-9)13(15-2)10-4-6-11(14)7-5-10/h3-8,13,15H,1-2H3. The molecule has 0 amide bonds. The van der Waals surface area contributed by atoms with Gasteiger partial charge in [0.1, 0.15) is 5.82 Å². The first kappa shape index (κ1) is 11.3. The summed E-state index contributed by atoms with van der Waals surface area (Å²) in [4.78, 5) is 2.55. The number of hydrogen-bond donors (Lipinski definition) is 1. The lowest BCUT2D eigenvalue weighted by atomic mass is 10.1. The third kappa shape index (κ3) is 2.31. The van der Waals surface area contributed by atoms with Crippen molar-refractivity contribution in [2.45, 2.75) is 13.0 Å². The fraction of sp³-hybridized carbons (Fsp3) is 0.231. The van der Waals surface area contributed by atoms with E-state index in [0.29, 0.717) is 0 Å². The Bertz CT molecular complexity index is 461. The molecule has 0 aliphatic heterocycles. The average molecular weight is 235 g/mol. The predicted molar refractivity (Wildman–Crippen MR) is 66.4 cm³/mol. The van der Waals surface area contributed by atoms with E-state index >= 15 is 0 Å². The van der Waals surface area contributed by atoms with Crippen molar-refractivity contribution in [3.05, 3.63) is 57.5 Å². The molecule has 0 saturated heterocycles. The Balaban J connectivity index is 2.32. The summed E-state index contributed by atoms with van der Waals surface area (Å²) in [5, 5.41) is 3.26. The lowest BCUT2D eigenvalue weighted by Crippen LogP contribution is -2.16. The van der Waals surface area contributed by atoms with Crippen molar-refractivity contribution in [3.63, 3.8) is 0 Å². The van der Waals surface area contributed by atoms with Crippen molar-refractivity contribution in [3.8, 4) is 0 Å². The van der Waals surface area contributed by atoms with Gasteiger partial charge < -0.3 is 5.32 Å². The Kier molecular flexibility index (Phi) is 3.36. The molecule has 0 aliphatic rings. The van der Waals surface area contributed by atoms with Crippen molar-refractivity contribution in [2.75, 3.05) is 7.05 Å². The minimum Gasteiger partial charge on any atom is -0.309 e. The summed E-state index contributed by atoms with van der Waals surface area (Å²) in [5.41, 5.74) is 1.09. The lowest BCUT2D eigenvalue weighted by Gasteiger charge is -2.14. The van der Waals surface area contributed by atoms with E-state index in [1.807, 2.05) is 19.2 Å². The van der Waals surface area contributed by atoms with Crippen LogP contribution in [0.4, 0.5) is 4.39 Å². The molecule has 1 atom stereocenters. The van der Waals surface area contributed by atoms with Crippen LogP contribution in [0.2, 0.25) is 0 Å². The van der Waals surface area contributed by atoms with E-state index in [1.165, 1.54) is 21.9 Å². The van der Waals surface area contributed by atoms with E-state index in [-0.39, 0.29) is 11.9 Å². The summed E-state index contributed by atoms with van der Waals surface area (Å²) in [6, 6.07) is 11.0. The molecule has 0 aliphatic carbocycles. The Morgan fingerprint density at radius 2 is 1.81 bits per heavy atom. The van der Waals surface area contributed by atoms with Crippen LogP contribution in [0.25, 0.3) is 0 Å². The summed E-state index contributed by atoms with van der Waals surface area (Å²) >= 11 is 1.76. The molecule has 16 heavy (non-hydrogen) atoms. The summed E-state index contributed by atoms with van der Waals surface area (Å²) in [7, 11) is 1.92. The van der Waals surface area contributed by atoms with Gasteiger partial charge in [-0.1, -0.05) is 12.1 Å². The van der Waals surface area contributed by atoms with Crippen LogP contribution in [0.5, 0.6) is 0 Å². The van der Waals surface area contributed by atoms with Crippen molar-refractivity contribution in [1.29, 1.82) is 0 Å². The fourth-order valence-corrected chi connectivity index (χ4v) is 2.75. The van der Waals surface area contributed by atoms with E-state index in [1.54, 1.807) is 11.3 Å². The molecule has 0 bridgehead atoms. The molecule has 1 aromatic carbocycles. The predicted octanol–water partition coefficient (Wildman–Crippen LogP) is 3.50. The van der Waals surface area contributed by atoms with Crippen molar-refractivity contribution >= 4 is 11.3 Å². The SMILES string of the molecule is CNC(c1ccc(F)cc1)c1ccc(C)s1. The van der Waals surface area contributed by atoms with Crippen LogP contribution in [0.15, 0.2) is 36.4 Å². The zero-order valence-corrected chi connectivity index (χ0v) is 10.1. The smallest absolute Gasteiger partial charge is 0.123 e. The van der Waals surface area contributed by atoms with Crippen LogP contribution in [0, 0.1) is 12.7 Å². The zero-order chi connectivity index (χ0) is 11.5. The van der Waals surface area contributed by atoms with Gasteiger partial charge in [-0.2, -0.15) is 0 Å². The normalized spacial score (nSPS) is 12.7. The maximum atomic E-state index is 12.8. The molecule has 0 saturated carbocycles. The topological polar surface area (TPSA) is 12.0 Å². The van der Waals surface area contributed by atoms with Gasteiger partial charge in [-0.15, -0.1) is 11.3 Å². The highest BCUT2D eigenvalue weighted by atomic mass is 32.1. The van der Waals surface area contributed by atoms with Gasteiger partial charge in [0.15, 0.2) is 0 Å². The molecule has 1 unspecified atom stereocenters. The molecule has 3 heteroatoms. The lowest BCUT2D eigenvalue weighted by molar-refractivity contribution is 0.624. The van der Waals surface area contributed by atoms with Crippen LogP contribution in [-0.4, -0.2) is 7.05 Å². The third-order valence-electron chi connectivity index (χ3n) is 2.54. The second kappa shape index (κ2) is 4.76. The molecule has 1 N–H and O–H groups in total. The van der Waals surface area contributed by atoms with Gasteiger partial charge in [0.25, 0.3) is 0 Å². The largest absolute Gasteiger partial charge is 0.309 e. The minimum absolute atomic E-state index is 0.152. The highest BCUT2D eigenvalue weighted by molar-refractivity contribution is 7.12. The third-order valence-corrected chi connectivity index (χ3v) is 3.60. The first-order chi connectivity index (χ1) is 7.70. The summed E-state index contributed by atoms with van der Waals surface area (Å²) < 4.78 is 12.8. The van der Waals surface area contributed by atoms with Gasteiger partial charge in [0, 0.05) is 9.75 Å². The Hall–Kier alpha value is -1.19. The van der Waals surface area contributed by atoms with E-state index in [9.17, 15) is 4.39 Å². The molecule has 2 aromatic rings. The molecule has 0 fully saturated rings. The Labute approximate surface area is 98.9 Å². The van der Waals surface area contributed by atoms with Crippen LogP contribution < -0.4 is 5.32 Å². The quantitative estimate of drug-likeness (QED) is 0.858. The molecule has 84 valence electrons. The van der Waals surface area contributed by atoms with Gasteiger partial charge in [-0.25, -0.2) is 4.39 Å². The van der Waals surface area contributed by atoms with E-state index in [0.717, 1.165) is 5.56 Å². The summed E-state index contributed by atoms with van der Waals surface area (Å²) in [5.74, 6) is -0.194. The summed E-state index contributed by atoms with van der Waals surface area (Å²) in [6.07, 6.45) is 0. The molecular weight excluding hydrogens is 221 g/mol. The molecule has 2 rings (SSSR count).